The van der Waals surface area contributed by atoms with E-state index in [2.05, 4.69) is 4.74 Å². The van der Waals surface area contributed by atoms with E-state index in [-0.39, 0.29) is 29.9 Å². The number of nitrogens with zero attached hydrogens (tertiary/aromatic N) is 1. The van der Waals surface area contributed by atoms with E-state index in [9.17, 15) is 22.8 Å². The summed E-state index contributed by atoms with van der Waals surface area (Å²) in [5.41, 5.74) is 0.751. The minimum absolute atomic E-state index is 0.0256. The van der Waals surface area contributed by atoms with Crippen LogP contribution in [0.15, 0.2) is 48.5 Å². The largest absolute Gasteiger partial charge is 0.435 e. The van der Waals surface area contributed by atoms with E-state index in [0.717, 1.165) is 0 Å². The Bertz CT molecular complexity index is 791. The number of likely N-dealkylation sites (tertiary alicyclic amines) is 1. The molecule has 1 amide bonds. The summed E-state index contributed by atoms with van der Waals surface area (Å²) in [7, 11) is 0. The van der Waals surface area contributed by atoms with Crippen molar-refractivity contribution in [3.63, 3.8) is 0 Å². The molecule has 1 atom stereocenters. The predicted octanol–water partition coefficient (Wildman–Crippen LogP) is 3.77. The maximum absolute atomic E-state index is 13.0. The lowest BCUT2D eigenvalue weighted by molar-refractivity contribution is -0.0498. The van der Waals surface area contributed by atoms with Gasteiger partial charge in [0.1, 0.15) is 11.6 Å². The number of carbonyl (C=O) groups is 2. The molecule has 136 valence electrons. The highest BCUT2D eigenvalue weighted by molar-refractivity contribution is 5.99. The fourth-order valence-corrected chi connectivity index (χ4v) is 2.97. The number of hydrogen-bond acceptors (Lipinski definition) is 3. The van der Waals surface area contributed by atoms with Gasteiger partial charge in [-0.2, -0.15) is 8.78 Å². The van der Waals surface area contributed by atoms with E-state index in [1.807, 2.05) is 0 Å². The molecule has 1 fully saturated rings. The standard InChI is InChI=1S/C19H16F3NO3/c20-15-5-1-12(2-6-15)17(24)14-9-10-23(11-14)18(25)13-3-7-16(8-4-13)26-19(21)22/h1-8,14,19H,9-11H2/t14-/m0/s1. The molecule has 1 aliphatic rings. The molecular weight excluding hydrogens is 347 g/mol. The minimum Gasteiger partial charge on any atom is -0.435 e. The summed E-state index contributed by atoms with van der Waals surface area (Å²) in [5.74, 6) is -1.18. The van der Waals surface area contributed by atoms with E-state index >= 15 is 0 Å². The van der Waals surface area contributed by atoms with Gasteiger partial charge in [-0.05, 0) is 55.0 Å². The highest BCUT2D eigenvalue weighted by atomic mass is 19.3. The molecule has 0 aromatic heterocycles. The monoisotopic (exact) mass is 363 g/mol. The van der Waals surface area contributed by atoms with Gasteiger partial charge in [0.15, 0.2) is 5.78 Å². The molecule has 1 aliphatic heterocycles. The summed E-state index contributed by atoms with van der Waals surface area (Å²) in [6.07, 6.45) is 0.522. The fraction of sp³-hybridized carbons (Fsp3) is 0.263. The molecule has 1 heterocycles. The Hall–Kier alpha value is -2.83. The molecule has 0 unspecified atom stereocenters. The zero-order valence-corrected chi connectivity index (χ0v) is 13.7. The van der Waals surface area contributed by atoms with Gasteiger partial charge in [-0.3, -0.25) is 9.59 Å². The molecule has 0 aliphatic carbocycles. The smallest absolute Gasteiger partial charge is 0.387 e. The van der Waals surface area contributed by atoms with E-state index in [4.69, 9.17) is 0 Å². The molecule has 7 heteroatoms. The SMILES string of the molecule is O=C(c1ccc(F)cc1)[C@H]1CCN(C(=O)c2ccc(OC(F)F)cc2)C1. The maximum atomic E-state index is 13.0. The number of ether oxygens (including phenoxy) is 1. The minimum atomic E-state index is -2.92. The van der Waals surface area contributed by atoms with E-state index in [1.165, 1.54) is 48.5 Å². The normalized spacial score (nSPS) is 16.8. The van der Waals surface area contributed by atoms with Crippen LogP contribution in [0.5, 0.6) is 5.75 Å². The van der Waals surface area contributed by atoms with Gasteiger partial charge in [-0.25, -0.2) is 4.39 Å². The zero-order chi connectivity index (χ0) is 18.7. The van der Waals surface area contributed by atoms with Gasteiger partial charge in [-0.1, -0.05) is 0 Å². The number of amides is 1. The molecule has 4 nitrogen and oxygen atoms in total. The highest BCUT2D eigenvalue weighted by Gasteiger charge is 2.32. The first-order valence-corrected chi connectivity index (χ1v) is 8.08. The number of rotatable bonds is 5. The van der Waals surface area contributed by atoms with Crippen LogP contribution in [0.25, 0.3) is 0 Å². The first kappa shape index (κ1) is 18.0. The van der Waals surface area contributed by atoms with Crippen LogP contribution >= 0.6 is 0 Å². The third-order valence-corrected chi connectivity index (χ3v) is 4.30. The average molecular weight is 363 g/mol. The first-order valence-electron chi connectivity index (χ1n) is 8.08. The van der Waals surface area contributed by atoms with Gasteiger partial charge in [0, 0.05) is 30.1 Å². The van der Waals surface area contributed by atoms with Crippen molar-refractivity contribution in [3.05, 3.63) is 65.5 Å². The summed E-state index contributed by atoms with van der Waals surface area (Å²) in [6, 6.07) is 10.8. The molecule has 0 saturated carbocycles. The molecule has 0 bridgehead atoms. The van der Waals surface area contributed by atoms with Crippen LogP contribution in [0.3, 0.4) is 0 Å². The molecule has 2 aromatic rings. The van der Waals surface area contributed by atoms with Crippen molar-refractivity contribution in [3.8, 4) is 5.75 Å². The highest BCUT2D eigenvalue weighted by Crippen LogP contribution is 2.24. The third-order valence-electron chi connectivity index (χ3n) is 4.30. The Morgan fingerprint density at radius 2 is 1.62 bits per heavy atom. The molecule has 1 saturated heterocycles. The second-order valence-corrected chi connectivity index (χ2v) is 6.01. The zero-order valence-electron chi connectivity index (χ0n) is 13.7. The molecule has 3 rings (SSSR count). The Morgan fingerprint density at radius 3 is 2.23 bits per heavy atom. The first-order chi connectivity index (χ1) is 12.4. The predicted molar refractivity (Wildman–Crippen MR) is 87.8 cm³/mol. The van der Waals surface area contributed by atoms with E-state index in [1.54, 1.807) is 4.90 Å². The number of halogens is 3. The van der Waals surface area contributed by atoms with Crippen molar-refractivity contribution >= 4 is 11.7 Å². The lowest BCUT2D eigenvalue weighted by Crippen LogP contribution is -2.30. The number of ketones is 1. The summed E-state index contributed by atoms with van der Waals surface area (Å²) in [5, 5.41) is 0. The van der Waals surface area contributed by atoms with Crippen molar-refractivity contribution in [1.29, 1.82) is 0 Å². The van der Waals surface area contributed by atoms with Crippen LogP contribution in [0.1, 0.15) is 27.1 Å². The number of carbonyl (C=O) groups excluding carboxylic acids is 2. The Morgan fingerprint density at radius 1 is 1.00 bits per heavy atom. The number of benzene rings is 2. The molecular formula is C19H16F3NO3. The summed E-state index contributed by atoms with van der Waals surface area (Å²) < 4.78 is 41.5. The Balaban J connectivity index is 1.63. The van der Waals surface area contributed by atoms with Gasteiger partial charge >= 0.3 is 6.61 Å². The Labute approximate surface area is 148 Å². The van der Waals surface area contributed by atoms with Gasteiger partial charge in [0.25, 0.3) is 5.91 Å². The van der Waals surface area contributed by atoms with Crippen molar-refractivity contribution in [1.82, 2.24) is 4.90 Å². The maximum Gasteiger partial charge on any atom is 0.387 e. The third kappa shape index (κ3) is 4.04. The van der Waals surface area contributed by atoms with Gasteiger partial charge in [0.05, 0.1) is 0 Å². The van der Waals surface area contributed by atoms with Crippen LogP contribution in [-0.2, 0) is 0 Å². The van der Waals surface area contributed by atoms with Gasteiger partial charge < -0.3 is 9.64 Å². The second kappa shape index (κ2) is 7.59. The van der Waals surface area contributed by atoms with Gasteiger partial charge in [0.2, 0.25) is 0 Å². The summed E-state index contributed by atoms with van der Waals surface area (Å²) in [6.45, 7) is -2.23. The molecule has 0 radical (unpaired) electrons. The average Bonchev–Trinajstić information content (AvgIpc) is 3.11. The molecule has 2 aromatic carbocycles. The van der Waals surface area contributed by atoms with Crippen LogP contribution < -0.4 is 4.74 Å². The number of hydrogen-bond donors (Lipinski definition) is 0. The second-order valence-electron chi connectivity index (χ2n) is 6.01. The van der Waals surface area contributed by atoms with Crippen molar-refractivity contribution in [2.24, 2.45) is 5.92 Å². The van der Waals surface area contributed by atoms with Crippen molar-refractivity contribution in [2.45, 2.75) is 13.0 Å². The number of alkyl halides is 2. The van der Waals surface area contributed by atoms with E-state index in [0.29, 0.717) is 24.1 Å². The van der Waals surface area contributed by atoms with Crippen molar-refractivity contribution < 1.29 is 27.5 Å². The fourth-order valence-electron chi connectivity index (χ4n) is 2.97. The van der Waals surface area contributed by atoms with Crippen LogP contribution in [0.4, 0.5) is 13.2 Å². The van der Waals surface area contributed by atoms with Crippen LogP contribution in [0, 0.1) is 11.7 Å². The van der Waals surface area contributed by atoms with E-state index < -0.39 is 12.4 Å². The molecule has 26 heavy (non-hydrogen) atoms. The number of Topliss-reactive ketones (excluding diaryl/α,β-unsaturated/α-hetero) is 1. The molecule has 0 N–H and O–H groups in total. The van der Waals surface area contributed by atoms with Crippen molar-refractivity contribution in [2.75, 3.05) is 13.1 Å². The van der Waals surface area contributed by atoms with Crippen LogP contribution in [0.2, 0.25) is 0 Å². The quantitative estimate of drug-likeness (QED) is 0.760. The van der Waals surface area contributed by atoms with Crippen LogP contribution in [-0.4, -0.2) is 36.3 Å². The Kier molecular flexibility index (Phi) is 5.25. The topological polar surface area (TPSA) is 46.6 Å². The summed E-state index contributed by atoms with van der Waals surface area (Å²) in [4.78, 5) is 26.5. The summed E-state index contributed by atoms with van der Waals surface area (Å²) >= 11 is 0. The lowest BCUT2D eigenvalue weighted by atomic mass is 9.97. The lowest BCUT2D eigenvalue weighted by Gasteiger charge is -2.16. The van der Waals surface area contributed by atoms with Gasteiger partial charge in [-0.15, -0.1) is 0 Å². The molecule has 0 spiro atoms.